The van der Waals surface area contributed by atoms with E-state index < -0.39 is 0 Å². The molecule has 2 aliphatic heterocycles. The Kier molecular flexibility index (Phi) is 7.51. The molecule has 0 saturated carbocycles. The minimum absolute atomic E-state index is 0. The first-order valence-electron chi connectivity index (χ1n) is 7.76. The lowest BCUT2D eigenvalue weighted by atomic mass is 10.2. The maximum atomic E-state index is 3.57. The molecule has 3 nitrogen and oxygen atoms in total. The van der Waals surface area contributed by atoms with Gasteiger partial charge in [0.1, 0.15) is 0 Å². The summed E-state index contributed by atoms with van der Waals surface area (Å²) < 4.78 is 1.18. The topological polar surface area (TPSA) is 18.5 Å². The summed E-state index contributed by atoms with van der Waals surface area (Å²) in [6.45, 7) is 8.29. The summed E-state index contributed by atoms with van der Waals surface area (Å²) in [7, 11) is 0. The van der Waals surface area contributed by atoms with Crippen molar-refractivity contribution >= 4 is 40.1 Å². The highest BCUT2D eigenvalue weighted by molar-refractivity contribution is 9.10. The molecular weight excluding hydrogens is 382 g/mol. The lowest BCUT2D eigenvalue weighted by Crippen LogP contribution is -2.49. The van der Waals surface area contributed by atoms with Gasteiger partial charge in [-0.25, -0.2) is 0 Å². The number of halogens is 2. The molecule has 2 heterocycles. The second-order valence-electron chi connectivity index (χ2n) is 5.92. The van der Waals surface area contributed by atoms with E-state index in [1.807, 2.05) is 11.8 Å². The number of hydrogen-bond donors (Lipinski definition) is 1. The molecular formula is C16H25BrClN3S. The summed E-state index contributed by atoms with van der Waals surface area (Å²) in [5.74, 6) is 0. The van der Waals surface area contributed by atoms with E-state index in [2.05, 4.69) is 55.5 Å². The van der Waals surface area contributed by atoms with Gasteiger partial charge in [0, 0.05) is 61.2 Å². The number of benzene rings is 1. The monoisotopic (exact) mass is 405 g/mol. The first-order chi connectivity index (χ1) is 10.3. The van der Waals surface area contributed by atoms with Gasteiger partial charge in [-0.15, -0.1) is 24.2 Å². The molecule has 124 valence electrons. The average Bonchev–Trinajstić information content (AvgIpc) is 2.98. The van der Waals surface area contributed by atoms with E-state index in [1.54, 1.807) is 0 Å². The molecule has 3 rings (SSSR count). The zero-order valence-corrected chi connectivity index (χ0v) is 16.3. The highest BCUT2D eigenvalue weighted by Gasteiger charge is 2.28. The van der Waals surface area contributed by atoms with Gasteiger partial charge in [-0.1, -0.05) is 22.0 Å². The zero-order chi connectivity index (χ0) is 14.7. The van der Waals surface area contributed by atoms with Crippen molar-refractivity contribution in [3.05, 3.63) is 28.2 Å². The van der Waals surface area contributed by atoms with Crippen molar-refractivity contribution in [2.45, 2.75) is 23.9 Å². The fourth-order valence-corrected chi connectivity index (χ4v) is 4.54. The van der Waals surface area contributed by atoms with Crippen LogP contribution in [-0.2, 0) is 6.54 Å². The Hall–Kier alpha value is 0.220. The third kappa shape index (κ3) is 4.62. The molecule has 0 bridgehead atoms. The Balaban J connectivity index is 0.00000176. The molecule has 1 N–H and O–H groups in total. The maximum absolute atomic E-state index is 3.57. The van der Waals surface area contributed by atoms with E-state index in [9.17, 15) is 0 Å². The van der Waals surface area contributed by atoms with Crippen molar-refractivity contribution in [3.8, 4) is 0 Å². The average molecular weight is 407 g/mol. The number of likely N-dealkylation sites (tertiary alicyclic amines) is 1. The summed E-state index contributed by atoms with van der Waals surface area (Å²) in [4.78, 5) is 6.69. The molecule has 2 aliphatic rings. The minimum atomic E-state index is 0. The van der Waals surface area contributed by atoms with E-state index in [0.717, 1.165) is 25.7 Å². The Morgan fingerprint density at radius 1 is 1.27 bits per heavy atom. The van der Waals surface area contributed by atoms with Gasteiger partial charge < -0.3 is 5.32 Å². The van der Waals surface area contributed by atoms with Crippen molar-refractivity contribution in [1.82, 2.24) is 15.1 Å². The molecule has 0 aromatic heterocycles. The predicted octanol–water partition coefficient (Wildman–Crippen LogP) is 3.07. The maximum Gasteiger partial charge on any atom is 0.0245 e. The third-order valence-electron chi connectivity index (χ3n) is 4.56. The summed E-state index contributed by atoms with van der Waals surface area (Å²) in [6, 6.07) is 7.44. The van der Waals surface area contributed by atoms with Gasteiger partial charge in [-0.3, -0.25) is 9.80 Å². The predicted molar refractivity (Wildman–Crippen MR) is 101 cm³/mol. The first kappa shape index (κ1) is 18.6. The van der Waals surface area contributed by atoms with Crippen molar-refractivity contribution in [2.75, 3.05) is 45.5 Å². The Bertz CT molecular complexity index is 482. The highest BCUT2D eigenvalue weighted by atomic mass is 79.9. The van der Waals surface area contributed by atoms with Crippen LogP contribution in [-0.4, -0.2) is 61.4 Å². The number of hydrogen-bond acceptors (Lipinski definition) is 4. The van der Waals surface area contributed by atoms with Crippen LogP contribution >= 0.6 is 40.1 Å². The third-order valence-corrected chi connectivity index (χ3v) is 5.87. The van der Waals surface area contributed by atoms with Crippen LogP contribution in [0.2, 0.25) is 0 Å². The summed E-state index contributed by atoms with van der Waals surface area (Å²) in [5, 5.41) is 3.45. The van der Waals surface area contributed by atoms with E-state index in [-0.39, 0.29) is 12.4 Å². The van der Waals surface area contributed by atoms with Gasteiger partial charge in [-0.2, -0.15) is 0 Å². The van der Waals surface area contributed by atoms with Gasteiger partial charge in [-0.05, 0) is 30.4 Å². The lowest BCUT2D eigenvalue weighted by molar-refractivity contribution is 0.170. The standard InChI is InChI=1S/C16H24BrN3S.ClH/c1-21-16-10-14(17)3-2-13(16)11-19-7-4-15(12-19)20-8-5-18-6-9-20;/h2-3,10,15,18H,4-9,11-12H2,1H3;1H. The van der Waals surface area contributed by atoms with Gasteiger partial charge in [0.2, 0.25) is 0 Å². The quantitative estimate of drug-likeness (QED) is 0.774. The van der Waals surface area contributed by atoms with Crippen LogP contribution in [0.3, 0.4) is 0 Å². The SMILES string of the molecule is CSc1cc(Br)ccc1CN1CCC(N2CCNCC2)C1.Cl. The smallest absolute Gasteiger partial charge is 0.0245 e. The van der Waals surface area contributed by atoms with Crippen molar-refractivity contribution in [2.24, 2.45) is 0 Å². The van der Waals surface area contributed by atoms with Gasteiger partial charge in [0.25, 0.3) is 0 Å². The molecule has 0 radical (unpaired) electrons. The number of piperazine rings is 1. The van der Waals surface area contributed by atoms with Crippen molar-refractivity contribution in [3.63, 3.8) is 0 Å². The molecule has 22 heavy (non-hydrogen) atoms. The lowest BCUT2D eigenvalue weighted by Gasteiger charge is -2.32. The molecule has 0 amide bonds. The van der Waals surface area contributed by atoms with Crippen LogP contribution in [0.15, 0.2) is 27.6 Å². The Morgan fingerprint density at radius 3 is 2.77 bits per heavy atom. The zero-order valence-electron chi connectivity index (χ0n) is 13.1. The molecule has 1 aromatic rings. The van der Waals surface area contributed by atoms with Crippen LogP contribution < -0.4 is 5.32 Å². The van der Waals surface area contributed by atoms with Crippen LogP contribution in [0.25, 0.3) is 0 Å². The summed E-state index contributed by atoms with van der Waals surface area (Å²) in [5.41, 5.74) is 1.46. The van der Waals surface area contributed by atoms with E-state index in [4.69, 9.17) is 0 Å². The number of nitrogens with zero attached hydrogens (tertiary/aromatic N) is 2. The fraction of sp³-hybridized carbons (Fsp3) is 0.625. The summed E-state index contributed by atoms with van der Waals surface area (Å²) in [6.07, 6.45) is 3.49. The largest absolute Gasteiger partial charge is 0.314 e. The van der Waals surface area contributed by atoms with Gasteiger partial charge >= 0.3 is 0 Å². The molecule has 0 aliphatic carbocycles. The number of nitrogens with one attached hydrogen (secondary N) is 1. The molecule has 2 fully saturated rings. The second-order valence-corrected chi connectivity index (χ2v) is 7.68. The molecule has 1 aromatic carbocycles. The Labute approximate surface area is 152 Å². The fourth-order valence-electron chi connectivity index (χ4n) is 3.39. The number of thioether (sulfide) groups is 1. The Morgan fingerprint density at radius 2 is 2.05 bits per heavy atom. The van der Waals surface area contributed by atoms with Crippen LogP contribution in [0, 0.1) is 0 Å². The molecule has 0 spiro atoms. The number of rotatable bonds is 4. The van der Waals surface area contributed by atoms with Gasteiger partial charge in [0.15, 0.2) is 0 Å². The summed E-state index contributed by atoms with van der Waals surface area (Å²) >= 11 is 5.42. The van der Waals surface area contributed by atoms with Crippen LogP contribution in [0.1, 0.15) is 12.0 Å². The van der Waals surface area contributed by atoms with Gasteiger partial charge in [0.05, 0.1) is 0 Å². The first-order valence-corrected chi connectivity index (χ1v) is 9.77. The highest BCUT2D eigenvalue weighted by Crippen LogP contribution is 2.27. The van der Waals surface area contributed by atoms with Crippen LogP contribution in [0.4, 0.5) is 0 Å². The minimum Gasteiger partial charge on any atom is -0.314 e. The van der Waals surface area contributed by atoms with E-state index in [1.165, 1.54) is 47.5 Å². The molecule has 2 saturated heterocycles. The molecule has 1 atom stereocenters. The van der Waals surface area contributed by atoms with Crippen molar-refractivity contribution < 1.29 is 0 Å². The van der Waals surface area contributed by atoms with Crippen molar-refractivity contribution in [1.29, 1.82) is 0 Å². The normalized spacial score (nSPS) is 23.5. The second kappa shape index (κ2) is 8.90. The molecule has 1 unspecified atom stereocenters. The molecule has 6 heteroatoms. The van der Waals surface area contributed by atoms with E-state index >= 15 is 0 Å². The van der Waals surface area contributed by atoms with Crippen LogP contribution in [0.5, 0.6) is 0 Å². The van der Waals surface area contributed by atoms with E-state index in [0.29, 0.717) is 0 Å².